The van der Waals surface area contributed by atoms with Crippen molar-refractivity contribution in [3.05, 3.63) is 54.6 Å². The first-order chi connectivity index (χ1) is 10.8. The van der Waals surface area contributed by atoms with Crippen LogP contribution in [-0.2, 0) is 11.3 Å². The van der Waals surface area contributed by atoms with Crippen LogP contribution in [0.1, 0.15) is 43.7 Å². The van der Waals surface area contributed by atoms with E-state index in [0.717, 1.165) is 5.56 Å². The summed E-state index contributed by atoms with van der Waals surface area (Å²) in [5.41, 5.74) is 1.14. The molecule has 0 aliphatic heterocycles. The summed E-state index contributed by atoms with van der Waals surface area (Å²) in [6, 6.07) is 10.1. The number of hydrogen-bond donors (Lipinski definition) is 1. The van der Waals surface area contributed by atoms with E-state index in [1.807, 2.05) is 29.0 Å². The molecule has 0 unspecified atom stereocenters. The molecule has 3 rings (SSSR count). The normalized spacial score (nSPS) is 16.5. The van der Waals surface area contributed by atoms with Gasteiger partial charge in [0, 0.05) is 25.4 Å². The van der Waals surface area contributed by atoms with Gasteiger partial charge >= 0.3 is 0 Å². The number of imidazole rings is 1. The second kappa shape index (κ2) is 7.25. The largest absolute Gasteiger partial charge is 0.347 e. The van der Waals surface area contributed by atoms with Gasteiger partial charge in [0.25, 0.3) is 0 Å². The summed E-state index contributed by atoms with van der Waals surface area (Å²) in [6.45, 7) is 0.709. The molecule has 4 heteroatoms. The first-order valence-electron chi connectivity index (χ1n) is 8.11. The lowest BCUT2D eigenvalue weighted by atomic mass is 10.0. The van der Waals surface area contributed by atoms with Crippen LogP contribution in [-0.4, -0.2) is 15.5 Å². The van der Waals surface area contributed by atoms with Crippen LogP contribution in [0.2, 0.25) is 0 Å². The fourth-order valence-corrected chi connectivity index (χ4v) is 3.26. The number of nitrogens with one attached hydrogen (secondary N) is 1. The van der Waals surface area contributed by atoms with E-state index in [1.165, 1.54) is 25.7 Å². The molecule has 116 valence electrons. The number of amides is 1. The summed E-state index contributed by atoms with van der Waals surface area (Å²) in [5.74, 6) is 0.741. The molecule has 0 radical (unpaired) electrons. The van der Waals surface area contributed by atoms with E-state index in [-0.39, 0.29) is 11.9 Å². The van der Waals surface area contributed by atoms with Crippen LogP contribution < -0.4 is 5.32 Å². The molecule has 1 aromatic carbocycles. The van der Waals surface area contributed by atoms with Crippen LogP contribution in [0.25, 0.3) is 0 Å². The Labute approximate surface area is 131 Å². The maximum absolute atomic E-state index is 12.4. The monoisotopic (exact) mass is 297 g/mol. The second-order valence-electron chi connectivity index (χ2n) is 6.14. The maximum atomic E-state index is 12.4. The fraction of sp³-hybridized carbons (Fsp3) is 0.444. The molecular formula is C18H23N3O. The molecule has 0 spiro atoms. The van der Waals surface area contributed by atoms with E-state index in [0.29, 0.717) is 18.9 Å². The van der Waals surface area contributed by atoms with E-state index in [1.54, 1.807) is 12.5 Å². The molecule has 1 atom stereocenters. The van der Waals surface area contributed by atoms with Gasteiger partial charge in [-0.15, -0.1) is 0 Å². The lowest BCUT2D eigenvalue weighted by Crippen LogP contribution is -2.32. The average molecular weight is 297 g/mol. The number of hydrogen-bond acceptors (Lipinski definition) is 2. The molecule has 2 aromatic rings. The van der Waals surface area contributed by atoms with E-state index in [2.05, 4.69) is 22.4 Å². The Balaban J connectivity index is 1.66. The van der Waals surface area contributed by atoms with Crippen LogP contribution in [0.4, 0.5) is 0 Å². The van der Waals surface area contributed by atoms with Gasteiger partial charge in [-0.25, -0.2) is 4.98 Å². The van der Waals surface area contributed by atoms with Crippen molar-refractivity contribution in [2.75, 3.05) is 0 Å². The number of nitrogens with zero attached hydrogens (tertiary/aromatic N) is 2. The average Bonchev–Trinajstić information content (AvgIpc) is 3.21. The third-order valence-corrected chi connectivity index (χ3v) is 4.44. The SMILES string of the molecule is O=C(CC1CCCC1)N[C@H](Cn1ccnc1)c1ccccc1. The molecule has 4 nitrogen and oxygen atoms in total. The minimum Gasteiger partial charge on any atom is -0.347 e. The standard InChI is InChI=1S/C18H23N3O/c22-18(12-15-6-4-5-7-15)20-17(13-21-11-10-19-14-21)16-8-2-1-3-9-16/h1-3,8-11,14-15,17H,4-7,12-13H2,(H,20,22)/t17-/m1/s1. The molecule has 1 heterocycles. The van der Waals surface area contributed by atoms with Crippen LogP contribution in [0.5, 0.6) is 0 Å². The molecule has 1 fully saturated rings. The van der Waals surface area contributed by atoms with Crippen LogP contribution in [0, 0.1) is 5.92 Å². The van der Waals surface area contributed by atoms with Crippen LogP contribution >= 0.6 is 0 Å². The van der Waals surface area contributed by atoms with Crippen LogP contribution in [0.3, 0.4) is 0 Å². The Hall–Kier alpha value is -2.10. The first-order valence-corrected chi connectivity index (χ1v) is 8.11. The summed E-state index contributed by atoms with van der Waals surface area (Å²) in [5, 5.41) is 3.21. The van der Waals surface area contributed by atoms with Gasteiger partial charge in [0.05, 0.1) is 12.4 Å². The lowest BCUT2D eigenvalue weighted by Gasteiger charge is -2.21. The number of rotatable bonds is 6. The number of benzene rings is 1. The molecule has 1 aliphatic carbocycles. The highest BCUT2D eigenvalue weighted by Crippen LogP contribution is 2.27. The highest BCUT2D eigenvalue weighted by molar-refractivity contribution is 5.76. The van der Waals surface area contributed by atoms with Gasteiger partial charge in [-0.05, 0) is 24.3 Å². The molecule has 22 heavy (non-hydrogen) atoms. The minimum atomic E-state index is -0.00990. The Bertz CT molecular complexity index is 574. The molecule has 1 saturated carbocycles. The highest BCUT2D eigenvalue weighted by Gasteiger charge is 2.21. The number of carbonyl (C=O) groups is 1. The van der Waals surface area contributed by atoms with E-state index >= 15 is 0 Å². The van der Waals surface area contributed by atoms with Crippen LogP contribution in [0.15, 0.2) is 49.1 Å². The van der Waals surface area contributed by atoms with Gasteiger partial charge in [-0.2, -0.15) is 0 Å². The van der Waals surface area contributed by atoms with E-state index in [4.69, 9.17) is 0 Å². The van der Waals surface area contributed by atoms with Crippen molar-refractivity contribution in [1.29, 1.82) is 0 Å². The summed E-state index contributed by atoms with van der Waals surface area (Å²) in [7, 11) is 0. The Morgan fingerprint density at radius 2 is 2.05 bits per heavy atom. The van der Waals surface area contributed by atoms with Crippen molar-refractivity contribution in [1.82, 2.24) is 14.9 Å². The van der Waals surface area contributed by atoms with Crippen molar-refractivity contribution in [2.24, 2.45) is 5.92 Å². The molecular weight excluding hydrogens is 274 g/mol. The molecule has 1 aromatic heterocycles. The lowest BCUT2D eigenvalue weighted by molar-refractivity contribution is -0.122. The Morgan fingerprint density at radius 1 is 1.27 bits per heavy atom. The highest BCUT2D eigenvalue weighted by atomic mass is 16.1. The van der Waals surface area contributed by atoms with Crippen molar-refractivity contribution < 1.29 is 4.79 Å². The zero-order valence-electron chi connectivity index (χ0n) is 12.8. The smallest absolute Gasteiger partial charge is 0.220 e. The zero-order valence-corrected chi connectivity index (χ0v) is 12.8. The van der Waals surface area contributed by atoms with Gasteiger partial charge in [0.1, 0.15) is 0 Å². The minimum absolute atomic E-state index is 0.00990. The zero-order chi connectivity index (χ0) is 15.2. The predicted molar refractivity (Wildman–Crippen MR) is 86.1 cm³/mol. The number of carbonyl (C=O) groups excluding carboxylic acids is 1. The quantitative estimate of drug-likeness (QED) is 0.889. The number of aromatic nitrogens is 2. The predicted octanol–water partition coefficient (Wildman–Crippen LogP) is 3.32. The molecule has 1 aliphatic rings. The van der Waals surface area contributed by atoms with Gasteiger partial charge in [0.15, 0.2) is 0 Å². The summed E-state index contributed by atoms with van der Waals surface area (Å²) >= 11 is 0. The van der Waals surface area contributed by atoms with E-state index in [9.17, 15) is 4.79 Å². The third-order valence-electron chi connectivity index (χ3n) is 4.44. The van der Waals surface area contributed by atoms with Crippen molar-refractivity contribution in [2.45, 2.75) is 44.7 Å². The van der Waals surface area contributed by atoms with Crippen molar-refractivity contribution in [3.63, 3.8) is 0 Å². The van der Waals surface area contributed by atoms with Crippen molar-refractivity contribution >= 4 is 5.91 Å². The van der Waals surface area contributed by atoms with Gasteiger partial charge in [-0.1, -0.05) is 43.2 Å². The second-order valence-corrected chi connectivity index (χ2v) is 6.14. The van der Waals surface area contributed by atoms with Gasteiger partial charge < -0.3 is 9.88 Å². The fourth-order valence-electron chi connectivity index (χ4n) is 3.26. The van der Waals surface area contributed by atoms with Gasteiger partial charge in [0.2, 0.25) is 5.91 Å². The summed E-state index contributed by atoms with van der Waals surface area (Å²) in [4.78, 5) is 16.5. The molecule has 1 N–H and O–H groups in total. The topological polar surface area (TPSA) is 46.9 Å². The van der Waals surface area contributed by atoms with Gasteiger partial charge in [-0.3, -0.25) is 4.79 Å². The first kappa shape index (κ1) is 14.8. The molecule has 0 bridgehead atoms. The summed E-state index contributed by atoms with van der Waals surface area (Å²) in [6.07, 6.45) is 11.1. The molecule has 0 saturated heterocycles. The Kier molecular flexibility index (Phi) is 4.88. The maximum Gasteiger partial charge on any atom is 0.220 e. The Morgan fingerprint density at radius 3 is 2.73 bits per heavy atom. The third kappa shape index (κ3) is 3.97. The van der Waals surface area contributed by atoms with E-state index < -0.39 is 0 Å². The molecule has 1 amide bonds. The summed E-state index contributed by atoms with van der Waals surface area (Å²) < 4.78 is 2.01. The van der Waals surface area contributed by atoms with Crippen molar-refractivity contribution in [3.8, 4) is 0 Å².